The van der Waals surface area contributed by atoms with Crippen molar-refractivity contribution in [3.05, 3.63) is 27.6 Å². The minimum Gasteiger partial charge on any atom is -0.250 e. The Balaban J connectivity index is 1.83. The van der Waals surface area contributed by atoms with Gasteiger partial charge in [0.2, 0.25) is 10.0 Å². The van der Waals surface area contributed by atoms with Crippen LogP contribution in [0.1, 0.15) is 24.8 Å². The van der Waals surface area contributed by atoms with Crippen molar-refractivity contribution in [3.63, 3.8) is 0 Å². The zero-order chi connectivity index (χ0) is 13.0. The van der Waals surface area contributed by atoms with E-state index in [0.717, 1.165) is 29.4 Å². The first-order chi connectivity index (χ1) is 8.58. The van der Waals surface area contributed by atoms with Gasteiger partial charge in [-0.3, -0.25) is 4.98 Å². The van der Waals surface area contributed by atoms with E-state index in [1.54, 1.807) is 4.31 Å². The van der Waals surface area contributed by atoms with Gasteiger partial charge in [0, 0.05) is 19.3 Å². The first-order valence-corrected chi connectivity index (χ1v) is 8.85. The van der Waals surface area contributed by atoms with Gasteiger partial charge in [-0.05, 0) is 59.9 Å². The summed E-state index contributed by atoms with van der Waals surface area (Å²) in [6.45, 7) is 1.32. The Kier molecular flexibility index (Phi) is 4.97. The van der Waals surface area contributed by atoms with Crippen LogP contribution in [0.5, 0.6) is 0 Å². The smallest absolute Gasteiger partial charge is 0.214 e. The van der Waals surface area contributed by atoms with Crippen molar-refractivity contribution in [1.82, 2.24) is 9.29 Å². The van der Waals surface area contributed by atoms with Crippen molar-refractivity contribution in [2.45, 2.75) is 25.7 Å². The minimum atomic E-state index is -2.97. The lowest BCUT2D eigenvalue weighted by atomic mass is 10.1. The molecule has 0 bridgehead atoms. The molecule has 0 aromatic carbocycles. The lowest BCUT2D eigenvalue weighted by molar-refractivity contribution is 0.378. The Hall–Kier alpha value is -0.210. The van der Waals surface area contributed by atoms with Crippen molar-refractivity contribution in [3.8, 4) is 0 Å². The van der Waals surface area contributed by atoms with Gasteiger partial charge < -0.3 is 0 Å². The molecule has 2 heterocycles. The van der Waals surface area contributed by atoms with Gasteiger partial charge in [0.15, 0.2) is 0 Å². The molecule has 1 aliphatic heterocycles. The number of hydrogen-bond donors (Lipinski definition) is 0. The average molecular weight is 380 g/mol. The van der Waals surface area contributed by atoms with Gasteiger partial charge in [0.25, 0.3) is 0 Å². The topological polar surface area (TPSA) is 50.3 Å². The van der Waals surface area contributed by atoms with Gasteiger partial charge in [-0.1, -0.05) is 6.07 Å². The quantitative estimate of drug-likeness (QED) is 0.594. The number of aromatic nitrogens is 1. The number of hydrogen-bond acceptors (Lipinski definition) is 3. The van der Waals surface area contributed by atoms with Crippen LogP contribution < -0.4 is 0 Å². The number of sulfonamides is 1. The molecular formula is C12H17IN2O2S. The van der Waals surface area contributed by atoms with E-state index >= 15 is 0 Å². The molecule has 100 valence electrons. The molecule has 1 aromatic rings. The van der Waals surface area contributed by atoms with Gasteiger partial charge in [0.1, 0.15) is 3.70 Å². The van der Waals surface area contributed by atoms with Crippen LogP contribution >= 0.6 is 22.6 Å². The molecule has 4 nitrogen and oxygen atoms in total. The van der Waals surface area contributed by atoms with E-state index in [1.165, 1.54) is 5.56 Å². The van der Waals surface area contributed by atoms with Crippen LogP contribution in [0.3, 0.4) is 0 Å². The zero-order valence-corrected chi connectivity index (χ0v) is 13.2. The molecule has 0 spiro atoms. The van der Waals surface area contributed by atoms with Crippen molar-refractivity contribution >= 4 is 32.6 Å². The van der Waals surface area contributed by atoms with Crippen molar-refractivity contribution < 1.29 is 8.42 Å². The van der Waals surface area contributed by atoms with Crippen LogP contribution in [0.15, 0.2) is 18.3 Å². The lowest BCUT2D eigenvalue weighted by Gasteiger charge is -2.26. The van der Waals surface area contributed by atoms with Crippen LogP contribution in [-0.2, 0) is 16.4 Å². The average Bonchev–Trinajstić information content (AvgIpc) is 2.33. The fourth-order valence-corrected chi connectivity index (χ4v) is 4.07. The Morgan fingerprint density at radius 2 is 2.17 bits per heavy atom. The Bertz CT molecular complexity index is 487. The first kappa shape index (κ1) is 14.2. The van der Waals surface area contributed by atoms with E-state index in [-0.39, 0.29) is 0 Å². The Morgan fingerprint density at radius 1 is 1.33 bits per heavy atom. The van der Waals surface area contributed by atoms with Crippen LogP contribution in [0.4, 0.5) is 0 Å². The molecule has 1 saturated heterocycles. The molecule has 1 aromatic heterocycles. The predicted octanol–water partition coefficient (Wildman–Crippen LogP) is 2.04. The highest BCUT2D eigenvalue weighted by atomic mass is 127. The third kappa shape index (κ3) is 3.89. The summed E-state index contributed by atoms with van der Waals surface area (Å²) in [6.07, 6.45) is 5.41. The highest BCUT2D eigenvalue weighted by Gasteiger charge is 2.24. The van der Waals surface area contributed by atoms with E-state index in [0.29, 0.717) is 18.8 Å². The molecule has 1 fully saturated rings. The Labute approximate surface area is 122 Å². The lowest BCUT2D eigenvalue weighted by Crippen LogP contribution is -2.38. The fraction of sp³-hybridized carbons (Fsp3) is 0.583. The molecule has 0 saturated carbocycles. The standard InChI is InChI=1S/C12H17IN2O2S/c13-12-6-5-11(10-14-12)4-3-8-15-7-1-2-9-18(15,16)17/h5-6,10H,1-4,7-9H2. The molecule has 18 heavy (non-hydrogen) atoms. The molecule has 1 aliphatic rings. The summed E-state index contributed by atoms with van der Waals surface area (Å²) in [5, 5.41) is 0. The summed E-state index contributed by atoms with van der Waals surface area (Å²) < 4.78 is 26.2. The second-order valence-electron chi connectivity index (χ2n) is 4.51. The number of rotatable bonds is 4. The zero-order valence-electron chi connectivity index (χ0n) is 10.2. The molecule has 0 amide bonds. The van der Waals surface area contributed by atoms with E-state index in [4.69, 9.17) is 0 Å². The van der Waals surface area contributed by atoms with E-state index in [9.17, 15) is 8.42 Å². The molecule has 0 radical (unpaired) electrons. The van der Waals surface area contributed by atoms with Crippen LogP contribution in [-0.4, -0.2) is 36.5 Å². The van der Waals surface area contributed by atoms with Crippen LogP contribution in [0.25, 0.3) is 0 Å². The van der Waals surface area contributed by atoms with Crippen LogP contribution in [0.2, 0.25) is 0 Å². The summed E-state index contributed by atoms with van der Waals surface area (Å²) >= 11 is 2.18. The van der Waals surface area contributed by atoms with E-state index in [1.807, 2.05) is 12.3 Å². The maximum atomic E-state index is 11.8. The summed E-state index contributed by atoms with van der Waals surface area (Å²) in [7, 11) is -2.97. The molecule has 6 heteroatoms. The Morgan fingerprint density at radius 3 is 2.83 bits per heavy atom. The second-order valence-corrected chi connectivity index (χ2v) is 7.71. The van der Waals surface area contributed by atoms with E-state index < -0.39 is 10.0 Å². The number of halogens is 1. The van der Waals surface area contributed by atoms with Gasteiger partial charge in [0.05, 0.1) is 5.75 Å². The van der Waals surface area contributed by atoms with Gasteiger partial charge in [-0.2, -0.15) is 0 Å². The third-order valence-electron chi connectivity index (χ3n) is 3.11. The van der Waals surface area contributed by atoms with Crippen molar-refractivity contribution in [2.24, 2.45) is 0 Å². The van der Waals surface area contributed by atoms with Crippen molar-refractivity contribution in [1.29, 1.82) is 0 Å². The number of nitrogens with zero attached hydrogens (tertiary/aromatic N) is 2. The monoisotopic (exact) mass is 380 g/mol. The molecule has 2 rings (SSSR count). The normalized spacial score (nSPS) is 19.8. The summed E-state index contributed by atoms with van der Waals surface area (Å²) in [6, 6.07) is 4.03. The largest absolute Gasteiger partial charge is 0.250 e. The molecular weight excluding hydrogens is 363 g/mol. The first-order valence-electron chi connectivity index (χ1n) is 6.16. The fourth-order valence-electron chi connectivity index (χ4n) is 2.11. The molecule has 0 N–H and O–H groups in total. The highest BCUT2D eigenvalue weighted by Crippen LogP contribution is 2.14. The molecule has 0 unspecified atom stereocenters. The van der Waals surface area contributed by atoms with Gasteiger partial charge in [-0.15, -0.1) is 0 Å². The second kappa shape index (κ2) is 6.29. The van der Waals surface area contributed by atoms with Crippen LogP contribution in [0, 0.1) is 3.70 Å². The predicted molar refractivity (Wildman–Crippen MR) is 79.9 cm³/mol. The maximum absolute atomic E-state index is 11.8. The summed E-state index contributed by atoms with van der Waals surface area (Å²) in [4.78, 5) is 4.23. The summed E-state index contributed by atoms with van der Waals surface area (Å²) in [5.41, 5.74) is 1.17. The number of aryl methyl sites for hydroxylation is 1. The third-order valence-corrected chi connectivity index (χ3v) is 5.71. The molecule has 0 aliphatic carbocycles. The summed E-state index contributed by atoms with van der Waals surface area (Å²) in [5.74, 6) is 0.318. The van der Waals surface area contributed by atoms with Gasteiger partial charge in [-0.25, -0.2) is 12.7 Å². The molecule has 0 atom stereocenters. The van der Waals surface area contributed by atoms with Crippen molar-refractivity contribution in [2.75, 3.05) is 18.8 Å². The minimum absolute atomic E-state index is 0.318. The highest BCUT2D eigenvalue weighted by molar-refractivity contribution is 14.1. The SMILES string of the molecule is O=S1(=O)CCCCN1CCCc1ccc(I)nc1. The number of pyridine rings is 1. The maximum Gasteiger partial charge on any atom is 0.214 e. The van der Waals surface area contributed by atoms with Gasteiger partial charge >= 0.3 is 0 Å². The van der Waals surface area contributed by atoms with E-state index in [2.05, 4.69) is 33.6 Å².